The summed E-state index contributed by atoms with van der Waals surface area (Å²) in [5.41, 5.74) is 7.87. The smallest absolute Gasteiger partial charge is 0.343 e. The van der Waals surface area contributed by atoms with Crippen LogP contribution in [0.15, 0.2) is 84.9 Å². The van der Waals surface area contributed by atoms with Gasteiger partial charge in [0, 0.05) is 24.0 Å². The Labute approximate surface area is 207 Å². The first-order valence-electron chi connectivity index (χ1n) is 11.7. The molecule has 36 heavy (non-hydrogen) atoms. The maximum absolute atomic E-state index is 12.7. The predicted octanol–water partition coefficient (Wildman–Crippen LogP) is 4.06. The number of esters is 2. The molecule has 0 aliphatic heterocycles. The largest absolute Gasteiger partial charge is 0.424 e. The van der Waals surface area contributed by atoms with Crippen molar-refractivity contribution in [1.29, 1.82) is 0 Å². The molecule has 0 radical (unpaired) electrons. The van der Waals surface area contributed by atoms with Gasteiger partial charge in [-0.25, -0.2) is 9.59 Å². The summed E-state index contributed by atoms with van der Waals surface area (Å²) in [6.07, 6.45) is -3.05. The van der Waals surface area contributed by atoms with Gasteiger partial charge < -0.3 is 19.7 Å². The summed E-state index contributed by atoms with van der Waals surface area (Å²) in [4.78, 5) is 25.4. The second-order valence-corrected chi connectivity index (χ2v) is 8.96. The molecule has 0 saturated carbocycles. The number of aliphatic hydroxyl groups is 2. The molecule has 4 aromatic carbocycles. The molecule has 6 nitrogen and oxygen atoms in total. The third-order valence-corrected chi connectivity index (χ3v) is 6.82. The Balaban J connectivity index is 1.16. The van der Waals surface area contributed by atoms with Gasteiger partial charge in [0.15, 0.2) is 12.2 Å². The lowest BCUT2D eigenvalue weighted by atomic mass is 10.1. The van der Waals surface area contributed by atoms with Crippen LogP contribution < -0.4 is 9.47 Å². The SMILES string of the molecule is O=C(Oc1cccc2c1Cc1ccccc1-2)[C@H](O)[C@@H](O)C(=O)Oc1cccc2c1Cc1ccccc1-2. The fourth-order valence-electron chi connectivity index (χ4n) is 5.04. The third-order valence-electron chi connectivity index (χ3n) is 6.82. The van der Waals surface area contributed by atoms with Crippen molar-refractivity contribution in [3.63, 3.8) is 0 Å². The highest BCUT2D eigenvalue weighted by Crippen LogP contribution is 2.42. The van der Waals surface area contributed by atoms with Crippen LogP contribution in [0.5, 0.6) is 11.5 Å². The molecule has 0 bridgehead atoms. The lowest BCUT2D eigenvalue weighted by Crippen LogP contribution is -2.43. The van der Waals surface area contributed by atoms with Crippen molar-refractivity contribution in [3.05, 3.63) is 107 Å². The summed E-state index contributed by atoms with van der Waals surface area (Å²) in [7, 11) is 0. The maximum atomic E-state index is 12.7. The molecule has 2 aliphatic rings. The van der Waals surface area contributed by atoms with Gasteiger partial charge in [-0.15, -0.1) is 0 Å². The molecule has 6 rings (SSSR count). The van der Waals surface area contributed by atoms with E-state index in [1.807, 2.05) is 60.7 Å². The molecule has 4 aromatic rings. The van der Waals surface area contributed by atoms with Gasteiger partial charge in [0.05, 0.1) is 0 Å². The van der Waals surface area contributed by atoms with Crippen molar-refractivity contribution in [3.8, 4) is 33.8 Å². The van der Waals surface area contributed by atoms with E-state index in [0.717, 1.165) is 44.5 Å². The number of fused-ring (bicyclic) bond motifs is 6. The van der Waals surface area contributed by atoms with E-state index < -0.39 is 24.1 Å². The fourth-order valence-corrected chi connectivity index (χ4v) is 5.04. The van der Waals surface area contributed by atoms with Crippen LogP contribution in [0.3, 0.4) is 0 Å². The van der Waals surface area contributed by atoms with E-state index in [9.17, 15) is 19.8 Å². The van der Waals surface area contributed by atoms with Crippen molar-refractivity contribution in [2.75, 3.05) is 0 Å². The topological polar surface area (TPSA) is 93.1 Å². The Morgan fingerprint density at radius 1 is 0.556 bits per heavy atom. The Morgan fingerprint density at radius 3 is 1.39 bits per heavy atom. The molecule has 0 aromatic heterocycles. The van der Waals surface area contributed by atoms with Gasteiger partial charge in [-0.2, -0.15) is 0 Å². The first-order chi connectivity index (χ1) is 17.5. The van der Waals surface area contributed by atoms with Gasteiger partial charge in [-0.1, -0.05) is 72.8 Å². The van der Waals surface area contributed by atoms with Gasteiger partial charge >= 0.3 is 11.9 Å². The fraction of sp³-hybridized carbons (Fsp3) is 0.133. The van der Waals surface area contributed by atoms with Crippen LogP contribution in [-0.2, 0) is 22.4 Å². The third kappa shape index (κ3) is 3.68. The van der Waals surface area contributed by atoms with E-state index in [2.05, 4.69) is 0 Å². The summed E-state index contributed by atoms with van der Waals surface area (Å²) in [5, 5.41) is 20.9. The highest BCUT2D eigenvalue weighted by Gasteiger charge is 2.35. The summed E-state index contributed by atoms with van der Waals surface area (Å²) in [6.45, 7) is 0. The molecule has 2 atom stereocenters. The zero-order chi connectivity index (χ0) is 24.8. The van der Waals surface area contributed by atoms with E-state index >= 15 is 0 Å². The quantitative estimate of drug-likeness (QED) is 0.287. The molecule has 2 N–H and O–H groups in total. The molecule has 0 spiro atoms. The number of benzene rings is 4. The number of carbonyl (C=O) groups is 2. The average Bonchev–Trinajstić information content (AvgIpc) is 3.48. The number of rotatable bonds is 5. The Bertz CT molecular complexity index is 1410. The first-order valence-corrected chi connectivity index (χ1v) is 11.7. The van der Waals surface area contributed by atoms with Gasteiger partial charge in [0.25, 0.3) is 0 Å². The zero-order valence-corrected chi connectivity index (χ0v) is 19.2. The predicted molar refractivity (Wildman–Crippen MR) is 133 cm³/mol. The van der Waals surface area contributed by atoms with Gasteiger partial charge in [0.1, 0.15) is 11.5 Å². The second-order valence-electron chi connectivity index (χ2n) is 8.96. The van der Waals surface area contributed by atoms with E-state index in [4.69, 9.17) is 9.47 Å². The van der Waals surface area contributed by atoms with Crippen molar-refractivity contribution in [2.45, 2.75) is 25.0 Å². The Hall–Kier alpha value is -4.26. The highest BCUT2D eigenvalue weighted by molar-refractivity contribution is 5.89. The summed E-state index contributed by atoms with van der Waals surface area (Å²) in [5.74, 6) is -1.69. The Morgan fingerprint density at radius 2 is 0.944 bits per heavy atom. The van der Waals surface area contributed by atoms with Crippen molar-refractivity contribution in [1.82, 2.24) is 0 Å². The molecule has 0 fully saturated rings. The summed E-state index contributed by atoms with van der Waals surface area (Å²) in [6, 6.07) is 26.5. The number of hydrogen-bond acceptors (Lipinski definition) is 6. The van der Waals surface area contributed by atoms with E-state index in [0.29, 0.717) is 12.8 Å². The zero-order valence-electron chi connectivity index (χ0n) is 19.2. The van der Waals surface area contributed by atoms with Crippen LogP contribution in [0, 0.1) is 0 Å². The van der Waals surface area contributed by atoms with Crippen molar-refractivity contribution < 1.29 is 29.3 Å². The molecule has 178 valence electrons. The van der Waals surface area contributed by atoms with E-state index in [-0.39, 0.29) is 11.5 Å². The lowest BCUT2D eigenvalue weighted by molar-refractivity contribution is -0.162. The molecular formula is C30H22O6. The molecular weight excluding hydrogens is 456 g/mol. The minimum absolute atomic E-state index is 0.284. The van der Waals surface area contributed by atoms with Gasteiger partial charge in [-0.05, 0) is 45.5 Å². The summed E-state index contributed by atoms with van der Waals surface area (Å²) >= 11 is 0. The van der Waals surface area contributed by atoms with Gasteiger partial charge in [0.2, 0.25) is 0 Å². The van der Waals surface area contributed by atoms with Crippen molar-refractivity contribution >= 4 is 11.9 Å². The van der Waals surface area contributed by atoms with Crippen LogP contribution >= 0.6 is 0 Å². The van der Waals surface area contributed by atoms with Gasteiger partial charge in [-0.3, -0.25) is 0 Å². The minimum Gasteiger partial charge on any atom is -0.424 e. The van der Waals surface area contributed by atoms with E-state index in [1.165, 1.54) is 0 Å². The molecule has 2 aliphatic carbocycles. The van der Waals surface area contributed by atoms with Crippen LogP contribution in [0.2, 0.25) is 0 Å². The van der Waals surface area contributed by atoms with Crippen LogP contribution in [-0.4, -0.2) is 34.4 Å². The number of ether oxygens (including phenoxy) is 2. The van der Waals surface area contributed by atoms with E-state index in [1.54, 1.807) is 24.3 Å². The summed E-state index contributed by atoms with van der Waals surface area (Å²) < 4.78 is 10.9. The molecule has 6 heteroatoms. The molecule has 0 heterocycles. The lowest BCUT2D eigenvalue weighted by Gasteiger charge is -2.17. The van der Waals surface area contributed by atoms with Crippen molar-refractivity contribution in [2.24, 2.45) is 0 Å². The number of aliphatic hydroxyl groups excluding tert-OH is 2. The number of carbonyl (C=O) groups excluding carboxylic acids is 2. The minimum atomic E-state index is -2.11. The van der Waals surface area contributed by atoms with Crippen LogP contribution in [0.4, 0.5) is 0 Å². The highest BCUT2D eigenvalue weighted by atomic mass is 16.6. The first kappa shape index (κ1) is 22.2. The standard InChI is InChI=1S/C30H22O6/c31-27(29(33)35-25-13-5-11-21-19-9-3-1-7-17(19)15-23(21)25)28(32)30(34)36-26-14-6-12-22-20-10-4-2-8-18(20)16-24(22)26/h1-14,27-28,31-32H,15-16H2/t27-,28-/m1/s1. The molecule has 0 amide bonds. The molecule has 0 saturated heterocycles. The maximum Gasteiger partial charge on any atom is 0.343 e. The average molecular weight is 479 g/mol. The second kappa shape index (κ2) is 8.75. The van der Waals surface area contributed by atoms with Crippen LogP contribution in [0.1, 0.15) is 22.3 Å². The normalized spacial score (nSPS) is 14.2. The van der Waals surface area contributed by atoms with Crippen LogP contribution in [0.25, 0.3) is 22.3 Å². The molecule has 0 unspecified atom stereocenters. The Kier molecular flexibility index (Phi) is 5.40. The monoisotopic (exact) mass is 478 g/mol. The number of hydrogen-bond donors (Lipinski definition) is 2.